The second kappa shape index (κ2) is 4.26. The summed E-state index contributed by atoms with van der Waals surface area (Å²) in [7, 11) is 3.23. The third-order valence-corrected chi connectivity index (χ3v) is 3.23. The first-order chi connectivity index (χ1) is 7.24. The van der Waals surface area contributed by atoms with E-state index in [4.69, 9.17) is 9.47 Å². The lowest BCUT2D eigenvalue weighted by molar-refractivity contribution is -0.105. The zero-order valence-corrected chi connectivity index (χ0v) is 9.80. The van der Waals surface area contributed by atoms with Crippen LogP contribution in [-0.4, -0.2) is 19.2 Å². The van der Waals surface area contributed by atoms with Crippen LogP contribution in [0.3, 0.4) is 0 Å². The molecule has 80 valence electrons. The van der Waals surface area contributed by atoms with Crippen LogP contribution in [0.25, 0.3) is 10.2 Å². The van der Waals surface area contributed by atoms with E-state index in [1.54, 1.807) is 25.6 Å². The standard InChI is InChI=1S/C11H13NO2S/c1-7-4-5-8-9(6-7)15-10(12-8)11(13-2)14-3/h4-6,11H,1-3H3. The van der Waals surface area contributed by atoms with E-state index >= 15 is 0 Å². The lowest BCUT2D eigenvalue weighted by Crippen LogP contribution is -2.02. The van der Waals surface area contributed by atoms with E-state index in [0.717, 1.165) is 10.5 Å². The summed E-state index contributed by atoms with van der Waals surface area (Å²) in [6.45, 7) is 2.07. The van der Waals surface area contributed by atoms with Crippen molar-refractivity contribution in [1.29, 1.82) is 0 Å². The molecule has 4 heteroatoms. The van der Waals surface area contributed by atoms with Crippen molar-refractivity contribution in [2.45, 2.75) is 13.2 Å². The molecule has 0 aliphatic carbocycles. The molecule has 0 spiro atoms. The summed E-state index contributed by atoms with van der Waals surface area (Å²) in [4.78, 5) is 4.46. The van der Waals surface area contributed by atoms with Crippen LogP contribution in [0.4, 0.5) is 0 Å². The highest BCUT2D eigenvalue weighted by Crippen LogP contribution is 2.28. The smallest absolute Gasteiger partial charge is 0.210 e. The molecule has 0 N–H and O–H groups in total. The molecule has 2 aromatic rings. The van der Waals surface area contributed by atoms with Crippen molar-refractivity contribution in [3.05, 3.63) is 28.8 Å². The van der Waals surface area contributed by atoms with Crippen LogP contribution in [0.2, 0.25) is 0 Å². The Labute approximate surface area is 92.7 Å². The van der Waals surface area contributed by atoms with Crippen molar-refractivity contribution in [2.24, 2.45) is 0 Å². The Morgan fingerprint density at radius 3 is 2.67 bits per heavy atom. The molecule has 3 nitrogen and oxygen atoms in total. The van der Waals surface area contributed by atoms with Crippen LogP contribution in [0, 0.1) is 6.92 Å². The molecule has 0 atom stereocenters. The fourth-order valence-corrected chi connectivity index (χ4v) is 2.57. The lowest BCUT2D eigenvalue weighted by Gasteiger charge is -2.08. The zero-order valence-electron chi connectivity index (χ0n) is 8.98. The maximum Gasteiger partial charge on any atom is 0.210 e. The lowest BCUT2D eigenvalue weighted by atomic mass is 10.2. The van der Waals surface area contributed by atoms with Gasteiger partial charge in [-0.25, -0.2) is 4.98 Å². The molecule has 0 amide bonds. The number of ether oxygens (including phenoxy) is 2. The summed E-state index contributed by atoms with van der Waals surface area (Å²) < 4.78 is 11.5. The first kappa shape index (κ1) is 10.5. The summed E-state index contributed by atoms with van der Waals surface area (Å²) >= 11 is 1.61. The fraction of sp³-hybridized carbons (Fsp3) is 0.364. The summed E-state index contributed by atoms with van der Waals surface area (Å²) in [6.07, 6.45) is -0.359. The molecule has 0 radical (unpaired) electrons. The van der Waals surface area contributed by atoms with E-state index in [9.17, 15) is 0 Å². The summed E-state index contributed by atoms with van der Waals surface area (Å²) in [5, 5.41) is 0.862. The summed E-state index contributed by atoms with van der Waals surface area (Å²) in [6, 6.07) is 6.20. The largest absolute Gasteiger partial charge is 0.350 e. The van der Waals surface area contributed by atoms with E-state index in [-0.39, 0.29) is 6.29 Å². The van der Waals surface area contributed by atoms with Crippen LogP contribution in [0.5, 0.6) is 0 Å². The number of hydrogen-bond acceptors (Lipinski definition) is 4. The molecule has 15 heavy (non-hydrogen) atoms. The Hall–Kier alpha value is -0.970. The van der Waals surface area contributed by atoms with Crippen LogP contribution >= 0.6 is 11.3 Å². The first-order valence-electron chi connectivity index (χ1n) is 4.67. The van der Waals surface area contributed by atoms with Gasteiger partial charge < -0.3 is 9.47 Å². The number of methoxy groups -OCH3 is 2. The maximum atomic E-state index is 5.17. The summed E-state index contributed by atoms with van der Waals surface area (Å²) in [5.41, 5.74) is 2.24. The Morgan fingerprint density at radius 1 is 1.27 bits per heavy atom. The van der Waals surface area contributed by atoms with E-state index in [1.807, 2.05) is 6.07 Å². The molecule has 2 rings (SSSR count). The van der Waals surface area contributed by atoms with Crippen molar-refractivity contribution < 1.29 is 9.47 Å². The van der Waals surface area contributed by atoms with E-state index in [2.05, 4.69) is 24.0 Å². The van der Waals surface area contributed by atoms with Gasteiger partial charge in [0.25, 0.3) is 0 Å². The number of hydrogen-bond donors (Lipinski definition) is 0. The first-order valence-corrected chi connectivity index (χ1v) is 5.49. The number of fused-ring (bicyclic) bond motifs is 1. The predicted molar refractivity (Wildman–Crippen MR) is 61.1 cm³/mol. The molecule has 1 heterocycles. The number of nitrogens with zero attached hydrogens (tertiary/aromatic N) is 1. The normalized spacial score (nSPS) is 11.5. The van der Waals surface area contributed by atoms with Gasteiger partial charge >= 0.3 is 0 Å². The van der Waals surface area contributed by atoms with Gasteiger partial charge in [-0.15, -0.1) is 11.3 Å². The average molecular weight is 223 g/mol. The van der Waals surface area contributed by atoms with Gasteiger partial charge in [0.15, 0.2) is 5.01 Å². The van der Waals surface area contributed by atoms with E-state index in [0.29, 0.717) is 0 Å². The number of aryl methyl sites for hydroxylation is 1. The van der Waals surface area contributed by atoms with Crippen molar-refractivity contribution in [1.82, 2.24) is 4.98 Å². The van der Waals surface area contributed by atoms with Gasteiger partial charge in [-0.1, -0.05) is 6.07 Å². The number of rotatable bonds is 3. The predicted octanol–water partition coefficient (Wildman–Crippen LogP) is 2.90. The molecule has 1 aromatic carbocycles. The number of benzene rings is 1. The van der Waals surface area contributed by atoms with Crippen molar-refractivity contribution in [3.8, 4) is 0 Å². The molecule has 0 unspecified atom stereocenters. The highest BCUT2D eigenvalue weighted by Gasteiger charge is 2.14. The van der Waals surface area contributed by atoms with Crippen LogP contribution < -0.4 is 0 Å². The minimum absolute atomic E-state index is 0.359. The van der Waals surface area contributed by atoms with E-state index in [1.165, 1.54) is 10.3 Å². The van der Waals surface area contributed by atoms with Gasteiger partial charge in [-0.3, -0.25) is 0 Å². The molecule has 0 aliphatic heterocycles. The molecule has 0 saturated carbocycles. The second-order valence-corrected chi connectivity index (χ2v) is 4.39. The third-order valence-electron chi connectivity index (χ3n) is 2.19. The van der Waals surface area contributed by atoms with Gasteiger partial charge in [-0.05, 0) is 24.6 Å². The highest BCUT2D eigenvalue weighted by atomic mass is 32.1. The molecule has 1 aromatic heterocycles. The van der Waals surface area contributed by atoms with Gasteiger partial charge in [-0.2, -0.15) is 0 Å². The van der Waals surface area contributed by atoms with Crippen molar-refractivity contribution in [2.75, 3.05) is 14.2 Å². The topological polar surface area (TPSA) is 31.4 Å². The van der Waals surface area contributed by atoms with Crippen molar-refractivity contribution in [3.63, 3.8) is 0 Å². The van der Waals surface area contributed by atoms with Gasteiger partial charge in [0.2, 0.25) is 6.29 Å². The quantitative estimate of drug-likeness (QED) is 0.750. The molecule has 0 bridgehead atoms. The highest BCUT2D eigenvalue weighted by molar-refractivity contribution is 7.18. The zero-order chi connectivity index (χ0) is 10.8. The summed E-state index contributed by atoms with van der Waals surface area (Å²) in [5.74, 6) is 0. The fourth-order valence-electron chi connectivity index (χ4n) is 1.45. The monoisotopic (exact) mass is 223 g/mol. The van der Waals surface area contributed by atoms with Crippen LogP contribution in [0.15, 0.2) is 18.2 Å². The number of aromatic nitrogens is 1. The third kappa shape index (κ3) is 2.02. The van der Waals surface area contributed by atoms with Gasteiger partial charge in [0.05, 0.1) is 10.2 Å². The SMILES string of the molecule is COC(OC)c1nc2ccc(C)cc2s1. The Morgan fingerprint density at radius 2 is 2.00 bits per heavy atom. The minimum atomic E-state index is -0.359. The average Bonchev–Trinajstić information content (AvgIpc) is 2.62. The molecule has 0 aliphatic rings. The van der Waals surface area contributed by atoms with Crippen molar-refractivity contribution >= 4 is 21.6 Å². The molecule has 0 saturated heterocycles. The van der Waals surface area contributed by atoms with Crippen LogP contribution in [0.1, 0.15) is 16.9 Å². The molecular weight excluding hydrogens is 210 g/mol. The Bertz CT molecular complexity index is 463. The Balaban J connectivity index is 2.46. The van der Waals surface area contributed by atoms with E-state index < -0.39 is 0 Å². The van der Waals surface area contributed by atoms with Crippen LogP contribution in [-0.2, 0) is 9.47 Å². The maximum absolute atomic E-state index is 5.17. The van der Waals surface area contributed by atoms with Gasteiger partial charge in [0.1, 0.15) is 0 Å². The molecular formula is C11H13NO2S. The second-order valence-electron chi connectivity index (χ2n) is 3.33. The number of thiazole rings is 1. The Kier molecular flexibility index (Phi) is 3.00. The van der Waals surface area contributed by atoms with Gasteiger partial charge in [0, 0.05) is 14.2 Å². The molecule has 0 fully saturated rings. The minimum Gasteiger partial charge on any atom is -0.350 e.